The van der Waals surface area contributed by atoms with Crippen molar-refractivity contribution in [2.75, 3.05) is 31.1 Å². The highest BCUT2D eigenvalue weighted by Crippen LogP contribution is 2.33. The first-order valence-electron chi connectivity index (χ1n) is 5.66. The molecule has 2 aromatic rings. The summed E-state index contributed by atoms with van der Waals surface area (Å²) in [6, 6.07) is 2.04. The van der Waals surface area contributed by atoms with Crippen LogP contribution in [-0.4, -0.2) is 45.7 Å². The lowest BCUT2D eigenvalue weighted by Gasteiger charge is -2.24. The number of fused-ring (bicyclic) bond motifs is 1. The topological polar surface area (TPSA) is 39.9 Å². The maximum Gasteiger partial charge on any atom is 0.146 e. The highest BCUT2D eigenvalue weighted by Gasteiger charge is 2.07. The maximum atomic E-state index is 5.72. The molecule has 0 atom stereocenters. The Kier molecular flexibility index (Phi) is 4.50. The Bertz CT molecular complexity index is 536. The van der Waals surface area contributed by atoms with Crippen LogP contribution in [0.5, 0.6) is 0 Å². The van der Waals surface area contributed by atoms with Gasteiger partial charge in [-0.15, -0.1) is 0 Å². The van der Waals surface area contributed by atoms with Crippen LogP contribution in [0.4, 0.5) is 0 Å². The Hall–Kier alpha value is -0.340. The Labute approximate surface area is 123 Å². The van der Waals surface area contributed by atoms with Gasteiger partial charge in [0.15, 0.2) is 0 Å². The number of halogens is 1. The van der Waals surface area contributed by atoms with E-state index in [9.17, 15) is 0 Å². The van der Waals surface area contributed by atoms with E-state index >= 15 is 0 Å². The van der Waals surface area contributed by atoms with Gasteiger partial charge >= 0.3 is 0 Å². The zero-order valence-electron chi connectivity index (χ0n) is 10.9. The molecule has 0 unspecified atom stereocenters. The third kappa shape index (κ3) is 3.58. The van der Waals surface area contributed by atoms with Crippen molar-refractivity contribution < 1.29 is 4.74 Å². The van der Waals surface area contributed by atoms with Crippen LogP contribution >= 0.6 is 32.6 Å². The number of rotatable bonds is 5. The molecule has 2 rings (SSSR count). The van der Waals surface area contributed by atoms with Gasteiger partial charge in [-0.25, -0.2) is 20.0 Å². The molecule has 18 heavy (non-hydrogen) atoms. The molecule has 0 N–H and O–H groups in total. The highest BCUT2D eigenvalue weighted by atomic mass is 127. The molecule has 2 heterocycles. The fraction of sp³-hybridized carbons (Fsp3) is 0.500. The van der Waals surface area contributed by atoms with Crippen molar-refractivity contribution in [3.05, 3.63) is 22.3 Å². The van der Waals surface area contributed by atoms with E-state index in [0.717, 1.165) is 27.1 Å². The third-order valence-electron chi connectivity index (χ3n) is 2.58. The lowest BCUT2D eigenvalue weighted by atomic mass is 10.4. The third-order valence-corrected chi connectivity index (χ3v) is 4.83. The van der Waals surface area contributed by atoms with E-state index in [2.05, 4.69) is 51.3 Å². The standard InChI is InChI=1S/C12H18IN3OS/c1-18(2,3)7-6-17-9-16-5-4-10-11(13)14-8-15-12(10)16/h4-5,8H,6-7,9H2,1-3H3. The van der Waals surface area contributed by atoms with Gasteiger partial charge in [0.25, 0.3) is 0 Å². The van der Waals surface area contributed by atoms with E-state index in [-0.39, 0.29) is 0 Å². The van der Waals surface area contributed by atoms with Crippen LogP contribution in [0.3, 0.4) is 0 Å². The molecule has 0 bridgehead atoms. The molecule has 0 aliphatic rings. The van der Waals surface area contributed by atoms with Gasteiger partial charge in [0, 0.05) is 11.9 Å². The van der Waals surface area contributed by atoms with Gasteiger partial charge in [-0.2, -0.15) is 0 Å². The molecule has 0 saturated heterocycles. The van der Waals surface area contributed by atoms with Crippen LogP contribution in [0, 0.1) is 3.70 Å². The second kappa shape index (κ2) is 5.75. The van der Waals surface area contributed by atoms with Crippen molar-refractivity contribution in [1.82, 2.24) is 14.5 Å². The maximum absolute atomic E-state index is 5.72. The van der Waals surface area contributed by atoms with Gasteiger partial charge in [0.2, 0.25) is 0 Å². The zero-order valence-corrected chi connectivity index (χ0v) is 13.9. The van der Waals surface area contributed by atoms with Crippen LogP contribution in [0.25, 0.3) is 11.0 Å². The molecule has 0 saturated carbocycles. The fourth-order valence-corrected chi connectivity index (χ4v) is 2.71. The van der Waals surface area contributed by atoms with Gasteiger partial charge in [-0.3, -0.25) is 0 Å². The summed E-state index contributed by atoms with van der Waals surface area (Å²) >= 11 is 2.23. The number of nitrogens with zero attached hydrogens (tertiary/aromatic N) is 3. The SMILES string of the molecule is CS(C)(C)CCOCn1ccc2c(I)ncnc21. The number of hydrogen-bond donors (Lipinski definition) is 0. The van der Waals surface area contributed by atoms with E-state index in [1.165, 1.54) is 0 Å². The highest BCUT2D eigenvalue weighted by molar-refractivity contribution is 14.1. The molecular formula is C12H18IN3OS. The molecule has 0 spiro atoms. The summed E-state index contributed by atoms with van der Waals surface area (Å²) in [4.78, 5) is 8.48. The number of hydrogen-bond acceptors (Lipinski definition) is 3. The normalized spacial score (nSPS) is 13.1. The summed E-state index contributed by atoms with van der Waals surface area (Å²) < 4.78 is 8.73. The Morgan fingerprint density at radius 3 is 2.83 bits per heavy atom. The molecule has 0 amide bonds. The number of aromatic nitrogens is 3. The summed E-state index contributed by atoms with van der Waals surface area (Å²) in [6.07, 6.45) is 10.5. The average molecular weight is 379 g/mol. The minimum Gasteiger partial charge on any atom is -0.360 e. The van der Waals surface area contributed by atoms with Crippen LogP contribution in [0.2, 0.25) is 0 Å². The van der Waals surface area contributed by atoms with E-state index in [0.29, 0.717) is 6.73 Å². The Morgan fingerprint density at radius 1 is 1.33 bits per heavy atom. The lowest BCUT2D eigenvalue weighted by molar-refractivity contribution is 0.0923. The van der Waals surface area contributed by atoms with E-state index in [4.69, 9.17) is 4.74 Å². The molecule has 100 valence electrons. The predicted molar refractivity (Wildman–Crippen MR) is 86.4 cm³/mol. The number of ether oxygens (including phenoxy) is 1. The summed E-state index contributed by atoms with van der Waals surface area (Å²) in [5.74, 6) is 1.14. The largest absolute Gasteiger partial charge is 0.360 e. The molecule has 0 aliphatic carbocycles. The van der Waals surface area contributed by atoms with E-state index in [1.807, 2.05) is 16.8 Å². The minimum absolute atomic E-state index is 0.475. The quantitative estimate of drug-likeness (QED) is 0.456. The van der Waals surface area contributed by atoms with Gasteiger partial charge in [0.1, 0.15) is 22.4 Å². The summed E-state index contributed by atoms with van der Waals surface area (Å²) in [5, 5.41) is 1.09. The summed E-state index contributed by atoms with van der Waals surface area (Å²) in [5.41, 5.74) is 0.942. The Balaban J connectivity index is 1.98. The molecule has 0 fully saturated rings. The van der Waals surface area contributed by atoms with E-state index in [1.54, 1.807) is 6.33 Å². The van der Waals surface area contributed by atoms with Gasteiger partial charge in [-0.1, -0.05) is 0 Å². The Morgan fingerprint density at radius 2 is 2.11 bits per heavy atom. The molecule has 0 aliphatic heterocycles. The first kappa shape index (κ1) is 14.1. The van der Waals surface area contributed by atoms with Crippen molar-refractivity contribution in [3.8, 4) is 0 Å². The lowest BCUT2D eigenvalue weighted by Crippen LogP contribution is -2.09. The van der Waals surface area contributed by atoms with E-state index < -0.39 is 10.0 Å². The molecular weight excluding hydrogens is 361 g/mol. The van der Waals surface area contributed by atoms with Crippen molar-refractivity contribution in [1.29, 1.82) is 0 Å². The van der Waals surface area contributed by atoms with Gasteiger partial charge < -0.3 is 9.30 Å². The fourth-order valence-electron chi connectivity index (χ4n) is 1.55. The predicted octanol–water partition coefficient (Wildman–Crippen LogP) is 2.70. The second-order valence-corrected chi connectivity index (χ2v) is 10.6. The van der Waals surface area contributed by atoms with Crippen molar-refractivity contribution in [3.63, 3.8) is 0 Å². The summed E-state index contributed by atoms with van der Waals surface area (Å²) in [6.45, 7) is 1.37. The molecule has 6 heteroatoms. The summed E-state index contributed by atoms with van der Waals surface area (Å²) in [7, 11) is -0.475. The zero-order chi connectivity index (χ0) is 13.2. The van der Waals surface area contributed by atoms with Crippen molar-refractivity contribution in [2.24, 2.45) is 0 Å². The smallest absolute Gasteiger partial charge is 0.146 e. The first-order valence-corrected chi connectivity index (χ1v) is 9.77. The molecule has 2 aromatic heterocycles. The monoisotopic (exact) mass is 379 g/mol. The van der Waals surface area contributed by atoms with Crippen LogP contribution < -0.4 is 0 Å². The van der Waals surface area contributed by atoms with Gasteiger partial charge in [0.05, 0.1) is 12.0 Å². The first-order chi connectivity index (χ1) is 8.47. The van der Waals surface area contributed by atoms with Gasteiger partial charge in [-0.05, 0) is 47.4 Å². The van der Waals surface area contributed by atoms with Crippen molar-refractivity contribution >= 4 is 43.7 Å². The van der Waals surface area contributed by atoms with Crippen LogP contribution in [-0.2, 0) is 11.5 Å². The molecule has 0 aromatic carbocycles. The van der Waals surface area contributed by atoms with Crippen LogP contribution in [0.1, 0.15) is 0 Å². The second-order valence-electron chi connectivity index (χ2n) is 5.02. The van der Waals surface area contributed by atoms with Crippen molar-refractivity contribution in [2.45, 2.75) is 6.73 Å². The molecule has 0 radical (unpaired) electrons. The average Bonchev–Trinajstić information content (AvgIpc) is 2.68. The molecule has 4 nitrogen and oxygen atoms in total. The van der Waals surface area contributed by atoms with Crippen LogP contribution in [0.15, 0.2) is 18.6 Å². The minimum atomic E-state index is -0.475.